The van der Waals surface area contributed by atoms with Gasteiger partial charge in [-0.05, 0) is 80.6 Å². The third-order valence-corrected chi connectivity index (χ3v) is 11.4. The molecular formula is C33H48N2O10. The molecule has 250 valence electrons. The summed E-state index contributed by atoms with van der Waals surface area (Å²) in [4.78, 5) is 74.1. The minimum atomic E-state index is -1.79. The Kier molecular flexibility index (Phi) is 9.99. The zero-order chi connectivity index (χ0) is 33.5. The van der Waals surface area contributed by atoms with Gasteiger partial charge in [-0.2, -0.15) is 0 Å². The minimum Gasteiger partial charge on any atom is -0.480 e. The summed E-state index contributed by atoms with van der Waals surface area (Å²) in [5, 5.41) is 37.2. The van der Waals surface area contributed by atoms with Crippen molar-refractivity contribution in [3.05, 3.63) is 11.6 Å². The molecule has 4 aliphatic carbocycles. The second-order valence-corrected chi connectivity index (χ2v) is 14.4. The van der Waals surface area contributed by atoms with Gasteiger partial charge in [0.1, 0.15) is 17.7 Å². The summed E-state index contributed by atoms with van der Waals surface area (Å²) in [5.74, 6) is -4.17. The number of nitrogens with one attached hydrogen (secondary N) is 2. The fourth-order valence-electron chi connectivity index (χ4n) is 8.85. The number of esters is 1. The van der Waals surface area contributed by atoms with Gasteiger partial charge in [-0.1, -0.05) is 33.3 Å². The van der Waals surface area contributed by atoms with Gasteiger partial charge in [-0.25, -0.2) is 0 Å². The van der Waals surface area contributed by atoms with Crippen LogP contribution < -0.4 is 10.6 Å². The molecule has 2 amide bonds. The van der Waals surface area contributed by atoms with E-state index in [1.54, 1.807) is 19.9 Å². The molecule has 0 radical (unpaired) electrons. The number of hydrogen-bond acceptors (Lipinski definition) is 9. The Morgan fingerprint density at radius 3 is 2.36 bits per heavy atom. The number of hydrogen-bond donors (Lipinski definition) is 5. The van der Waals surface area contributed by atoms with E-state index in [1.807, 2.05) is 6.92 Å². The number of aliphatic hydroxyl groups excluding tert-OH is 1. The van der Waals surface area contributed by atoms with E-state index in [0.717, 1.165) is 18.4 Å². The first-order valence-electron chi connectivity index (χ1n) is 16.1. The van der Waals surface area contributed by atoms with Crippen molar-refractivity contribution in [2.75, 3.05) is 6.61 Å². The van der Waals surface area contributed by atoms with Crippen LogP contribution in [-0.4, -0.2) is 81.0 Å². The fourth-order valence-corrected chi connectivity index (χ4v) is 8.85. The highest BCUT2D eigenvalue weighted by molar-refractivity contribution is 5.93. The van der Waals surface area contributed by atoms with Crippen LogP contribution >= 0.6 is 0 Å². The molecule has 0 aromatic heterocycles. The SMILES string of the molecule is CC(C)[C@@H](NC(=O)CCC(=O)OCC(=O)[C@@]1(O)CC[C@H]2[C@H]3CCC4=CC(=O)CC[C@]4(C)[C@@H]3[C@@H](O)C[C@@]21C)C(=O)N[C@@H](C)C(=O)O. The summed E-state index contributed by atoms with van der Waals surface area (Å²) >= 11 is 0. The van der Waals surface area contributed by atoms with Crippen LogP contribution in [0.1, 0.15) is 92.4 Å². The summed E-state index contributed by atoms with van der Waals surface area (Å²) in [6.45, 7) is 7.99. The number of fused-ring (bicyclic) bond motifs is 5. The van der Waals surface area contributed by atoms with E-state index in [0.29, 0.717) is 19.3 Å². The van der Waals surface area contributed by atoms with E-state index in [1.165, 1.54) is 6.92 Å². The lowest BCUT2D eigenvalue weighted by atomic mass is 9.45. The number of allylic oxidation sites excluding steroid dienone is 1. The molecule has 0 heterocycles. The van der Waals surface area contributed by atoms with Crippen molar-refractivity contribution < 1.29 is 48.8 Å². The average Bonchev–Trinajstić information content (AvgIpc) is 3.23. The highest BCUT2D eigenvalue weighted by Gasteiger charge is 2.68. The number of Topliss-reactive ketones (excluding diaryl/α,β-unsaturated/α-hetero) is 1. The molecule has 0 aliphatic heterocycles. The van der Waals surface area contributed by atoms with Crippen molar-refractivity contribution in [2.24, 2.45) is 34.5 Å². The molecule has 3 saturated carbocycles. The van der Waals surface area contributed by atoms with E-state index in [4.69, 9.17) is 9.84 Å². The van der Waals surface area contributed by atoms with Crippen molar-refractivity contribution >= 4 is 35.3 Å². The first-order chi connectivity index (χ1) is 20.9. The maximum Gasteiger partial charge on any atom is 0.325 e. The summed E-state index contributed by atoms with van der Waals surface area (Å²) < 4.78 is 5.19. The van der Waals surface area contributed by atoms with Crippen LogP contribution in [0.5, 0.6) is 0 Å². The van der Waals surface area contributed by atoms with Crippen LogP contribution in [0, 0.1) is 34.5 Å². The number of amides is 2. The van der Waals surface area contributed by atoms with Crippen LogP contribution in [0.3, 0.4) is 0 Å². The summed E-state index contributed by atoms with van der Waals surface area (Å²) in [7, 11) is 0. The Hall–Kier alpha value is -3.12. The number of rotatable bonds is 11. The molecule has 12 heteroatoms. The van der Waals surface area contributed by atoms with E-state index >= 15 is 0 Å². The summed E-state index contributed by atoms with van der Waals surface area (Å²) in [6, 6.07) is -2.16. The summed E-state index contributed by atoms with van der Waals surface area (Å²) in [5.41, 5.74) is -1.89. The number of ketones is 2. The van der Waals surface area contributed by atoms with Crippen LogP contribution in [0.2, 0.25) is 0 Å². The van der Waals surface area contributed by atoms with E-state index < -0.39 is 65.3 Å². The van der Waals surface area contributed by atoms with Gasteiger partial charge < -0.3 is 30.7 Å². The number of carbonyl (C=O) groups excluding carboxylic acids is 5. The molecule has 12 nitrogen and oxygen atoms in total. The Bertz CT molecular complexity index is 1280. The number of aliphatic carboxylic acids is 1. The maximum atomic E-state index is 13.5. The van der Waals surface area contributed by atoms with Gasteiger partial charge in [0.25, 0.3) is 0 Å². The highest BCUT2D eigenvalue weighted by atomic mass is 16.5. The van der Waals surface area contributed by atoms with E-state index in [2.05, 4.69) is 17.6 Å². The lowest BCUT2D eigenvalue weighted by molar-refractivity contribution is -0.184. The normalized spacial score (nSPS) is 35.2. The first-order valence-corrected chi connectivity index (χ1v) is 16.1. The number of ether oxygens (including phenoxy) is 1. The number of carbonyl (C=O) groups is 6. The smallest absolute Gasteiger partial charge is 0.325 e. The molecule has 4 rings (SSSR count). The van der Waals surface area contributed by atoms with Gasteiger partial charge in [-0.15, -0.1) is 0 Å². The van der Waals surface area contributed by atoms with Crippen LogP contribution in [0.4, 0.5) is 0 Å². The molecule has 0 bridgehead atoms. The first kappa shape index (κ1) is 34.7. The van der Waals surface area contributed by atoms with Crippen LogP contribution in [0.25, 0.3) is 0 Å². The van der Waals surface area contributed by atoms with Gasteiger partial charge in [-0.3, -0.25) is 28.8 Å². The third-order valence-electron chi connectivity index (χ3n) is 11.4. The molecule has 0 spiro atoms. The standard InChI is InChI=1S/C33H48N2O10/c1-17(2)28(29(41)34-18(3)30(42)43)35-25(39)8-9-26(40)45-16-24(38)33(44)13-11-22-21-7-6-19-14-20(36)10-12-31(19,4)27(21)23(37)15-32(22,33)5/h14,17-18,21-23,27-28,37,44H,6-13,15-16H2,1-5H3,(H,34,41)(H,35,39)(H,42,43)/t18-,21+,22-,23-,27-,28+,31-,32-,33-/m0/s1. The van der Waals surface area contributed by atoms with Crippen molar-refractivity contribution in [3.63, 3.8) is 0 Å². The van der Waals surface area contributed by atoms with E-state index in [9.17, 15) is 39.0 Å². The highest BCUT2D eigenvalue weighted by Crippen LogP contribution is 2.67. The fraction of sp³-hybridized carbons (Fsp3) is 0.758. The van der Waals surface area contributed by atoms with E-state index in [-0.39, 0.29) is 60.6 Å². The molecule has 4 aliphatic rings. The Labute approximate surface area is 263 Å². The molecule has 5 N–H and O–H groups in total. The zero-order valence-corrected chi connectivity index (χ0v) is 26.9. The molecule has 0 aromatic carbocycles. The second-order valence-electron chi connectivity index (χ2n) is 14.4. The minimum absolute atomic E-state index is 0.0140. The predicted molar refractivity (Wildman–Crippen MR) is 160 cm³/mol. The van der Waals surface area contributed by atoms with Gasteiger partial charge in [0.15, 0.2) is 12.4 Å². The Morgan fingerprint density at radius 1 is 1.02 bits per heavy atom. The number of aliphatic hydroxyl groups is 2. The predicted octanol–water partition coefficient (Wildman–Crippen LogP) is 1.84. The lowest BCUT2D eigenvalue weighted by Crippen LogP contribution is -2.62. The molecule has 3 fully saturated rings. The summed E-state index contributed by atoms with van der Waals surface area (Å²) in [6.07, 6.45) is 3.99. The maximum absolute atomic E-state index is 13.5. The molecule has 0 aromatic rings. The van der Waals surface area contributed by atoms with Crippen molar-refractivity contribution in [1.82, 2.24) is 10.6 Å². The third kappa shape index (κ3) is 6.45. The van der Waals surface area contributed by atoms with Gasteiger partial charge in [0.05, 0.1) is 12.5 Å². The van der Waals surface area contributed by atoms with Crippen molar-refractivity contribution in [3.8, 4) is 0 Å². The molecule has 0 unspecified atom stereocenters. The molecule has 9 atom stereocenters. The number of carboxylic acid groups (broad SMARTS) is 1. The monoisotopic (exact) mass is 632 g/mol. The largest absolute Gasteiger partial charge is 0.480 e. The topological polar surface area (TPSA) is 196 Å². The molecular weight excluding hydrogens is 584 g/mol. The zero-order valence-electron chi connectivity index (χ0n) is 26.9. The Morgan fingerprint density at radius 2 is 1.71 bits per heavy atom. The quantitative estimate of drug-likeness (QED) is 0.210. The van der Waals surface area contributed by atoms with Gasteiger partial charge in [0, 0.05) is 18.3 Å². The van der Waals surface area contributed by atoms with Crippen LogP contribution in [0.15, 0.2) is 11.6 Å². The molecule has 0 saturated heterocycles. The van der Waals surface area contributed by atoms with Crippen molar-refractivity contribution in [1.29, 1.82) is 0 Å². The van der Waals surface area contributed by atoms with Gasteiger partial charge in [0.2, 0.25) is 17.6 Å². The average molecular weight is 633 g/mol. The van der Waals surface area contributed by atoms with Gasteiger partial charge >= 0.3 is 11.9 Å². The lowest BCUT2D eigenvalue weighted by Gasteiger charge is -2.60. The van der Waals surface area contributed by atoms with Crippen LogP contribution in [-0.2, 0) is 33.5 Å². The molecule has 45 heavy (non-hydrogen) atoms. The second kappa shape index (κ2) is 12.9. The number of carboxylic acids is 1. The van der Waals surface area contributed by atoms with Crippen molar-refractivity contribution in [2.45, 2.75) is 116 Å². The Balaban J connectivity index is 1.33.